The minimum absolute atomic E-state index is 0.156. The molecule has 0 aromatic carbocycles. The van der Waals surface area contributed by atoms with E-state index >= 15 is 0 Å². The Bertz CT molecular complexity index is 504. The van der Waals surface area contributed by atoms with E-state index in [1.54, 1.807) is 12.3 Å². The first-order chi connectivity index (χ1) is 7.99. The highest BCUT2D eigenvalue weighted by molar-refractivity contribution is 6.66. The third-order valence-electron chi connectivity index (χ3n) is 2.33. The molecule has 1 aromatic heterocycles. The largest absolute Gasteiger partial charge is 0.480 e. The van der Waals surface area contributed by atoms with E-state index in [9.17, 15) is 4.79 Å². The molecule has 0 saturated carbocycles. The first kappa shape index (κ1) is 12.1. The summed E-state index contributed by atoms with van der Waals surface area (Å²) in [6, 6.07) is 0.847. The number of pyridine rings is 1. The summed E-state index contributed by atoms with van der Waals surface area (Å²) in [7, 11) is 0. The zero-order chi connectivity index (χ0) is 12.6. The smallest absolute Gasteiger partial charge is 0.329 e. The number of hydrazone groups is 1. The number of nitrogens with zero attached hydrogens (tertiary/aromatic N) is 3. The lowest BCUT2D eigenvalue weighted by Gasteiger charge is -2.19. The van der Waals surface area contributed by atoms with Crippen molar-refractivity contribution in [2.24, 2.45) is 5.10 Å². The summed E-state index contributed by atoms with van der Waals surface area (Å²) in [6.07, 6.45) is 1.75. The summed E-state index contributed by atoms with van der Waals surface area (Å²) in [4.78, 5) is 15.2. The average Bonchev–Trinajstić information content (AvgIpc) is 2.60. The lowest BCUT2D eigenvalue weighted by atomic mass is 10.2. The third-order valence-corrected chi connectivity index (χ3v) is 2.84. The normalized spacial score (nSPS) is 19.4. The highest BCUT2D eigenvalue weighted by atomic mass is 35.5. The van der Waals surface area contributed by atoms with Crippen LogP contribution in [0.4, 0.5) is 5.82 Å². The van der Waals surface area contributed by atoms with E-state index in [1.807, 2.05) is 6.92 Å². The molecule has 0 bridgehead atoms. The minimum atomic E-state index is -1.01. The Labute approximate surface area is 108 Å². The summed E-state index contributed by atoms with van der Waals surface area (Å²) >= 11 is 11.8. The molecule has 2 rings (SSSR count). The minimum Gasteiger partial charge on any atom is -0.480 e. The summed E-state index contributed by atoms with van der Waals surface area (Å²) in [5.74, 6) is -0.705. The van der Waals surface area contributed by atoms with Gasteiger partial charge in [-0.3, -0.25) is 0 Å². The molecule has 17 heavy (non-hydrogen) atoms. The standard InChI is InChI=1S/C10H9Cl2N3O2/c1-5-2-6(11)9(13-4-5)15-7(10(16)17)3-8(12)14-15/h2,4,7H,3H2,1H3,(H,16,17). The van der Waals surface area contributed by atoms with E-state index in [1.165, 1.54) is 5.01 Å². The molecule has 1 aliphatic heterocycles. The number of aliphatic carboxylic acids is 1. The van der Waals surface area contributed by atoms with Crippen molar-refractivity contribution in [3.8, 4) is 0 Å². The fourth-order valence-electron chi connectivity index (χ4n) is 1.56. The fraction of sp³-hybridized carbons (Fsp3) is 0.300. The Morgan fingerprint density at radius 1 is 1.59 bits per heavy atom. The number of carboxylic acid groups (broad SMARTS) is 1. The second-order valence-electron chi connectivity index (χ2n) is 3.70. The van der Waals surface area contributed by atoms with Gasteiger partial charge in [0.15, 0.2) is 11.9 Å². The molecule has 90 valence electrons. The van der Waals surface area contributed by atoms with Crippen LogP contribution < -0.4 is 5.01 Å². The van der Waals surface area contributed by atoms with Crippen LogP contribution in [-0.2, 0) is 4.79 Å². The molecular formula is C10H9Cl2N3O2. The molecule has 0 spiro atoms. The van der Waals surface area contributed by atoms with E-state index in [4.69, 9.17) is 28.3 Å². The van der Waals surface area contributed by atoms with Crippen LogP contribution in [0.3, 0.4) is 0 Å². The number of hydrogen-bond acceptors (Lipinski definition) is 4. The van der Waals surface area contributed by atoms with Crippen molar-refractivity contribution in [2.45, 2.75) is 19.4 Å². The first-order valence-corrected chi connectivity index (χ1v) is 5.62. The number of carboxylic acids is 1. The Morgan fingerprint density at radius 2 is 2.29 bits per heavy atom. The second kappa shape index (κ2) is 4.50. The topological polar surface area (TPSA) is 65.8 Å². The predicted octanol–water partition coefficient (Wildman–Crippen LogP) is 2.26. The van der Waals surface area contributed by atoms with Gasteiger partial charge in [-0.2, -0.15) is 5.10 Å². The van der Waals surface area contributed by atoms with Gasteiger partial charge in [0.2, 0.25) is 0 Å². The number of hydrogen-bond donors (Lipinski definition) is 1. The van der Waals surface area contributed by atoms with Crippen molar-refractivity contribution in [3.63, 3.8) is 0 Å². The molecule has 1 aromatic rings. The van der Waals surface area contributed by atoms with Gasteiger partial charge < -0.3 is 5.11 Å². The van der Waals surface area contributed by atoms with Gasteiger partial charge >= 0.3 is 5.97 Å². The number of aryl methyl sites for hydroxylation is 1. The summed E-state index contributed by atoms with van der Waals surface area (Å²) in [6.45, 7) is 1.84. The summed E-state index contributed by atoms with van der Waals surface area (Å²) in [5.41, 5.74) is 0.889. The lowest BCUT2D eigenvalue weighted by molar-refractivity contribution is -0.138. The highest BCUT2D eigenvalue weighted by Crippen LogP contribution is 2.30. The monoisotopic (exact) mass is 273 g/mol. The molecule has 0 radical (unpaired) electrons. The van der Waals surface area contributed by atoms with Crippen LogP contribution in [0.5, 0.6) is 0 Å². The Kier molecular flexibility index (Phi) is 3.22. The maximum absolute atomic E-state index is 11.1. The van der Waals surface area contributed by atoms with Crippen LogP contribution in [0.25, 0.3) is 0 Å². The van der Waals surface area contributed by atoms with Gasteiger partial charge in [0.1, 0.15) is 5.17 Å². The van der Waals surface area contributed by atoms with E-state index in [0.717, 1.165) is 5.56 Å². The maximum Gasteiger partial charge on any atom is 0.329 e. The quantitative estimate of drug-likeness (QED) is 0.898. The molecule has 0 saturated heterocycles. The zero-order valence-corrected chi connectivity index (χ0v) is 10.4. The third kappa shape index (κ3) is 2.35. The Morgan fingerprint density at radius 3 is 2.88 bits per heavy atom. The fourth-order valence-corrected chi connectivity index (χ4v) is 2.09. The Balaban J connectivity index is 2.41. The number of rotatable bonds is 2. The van der Waals surface area contributed by atoms with Gasteiger partial charge in [0.05, 0.1) is 5.02 Å². The lowest BCUT2D eigenvalue weighted by Crippen LogP contribution is -2.34. The molecule has 0 amide bonds. The van der Waals surface area contributed by atoms with Crippen molar-refractivity contribution in [3.05, 3.63) is 22.8 Å². The van der Waals surface area contributed by atoms with E-state index < -0.39 is 12.0 Å². The van der Waals surface area contributed by atoms with Crippen LogP contribution in [-0.4, -0.2) is 27.3 Å². The molecule has 1 N–H and O–H groups in total. The molecular weight excluding hydrogens is 265 g/mol. The average molecular weight is 274 g/mol. The molecule has 0 aliphatic carbocycles. The van der Waals surface area contributed by atoms with Crippen LogP contribution in [0.2, 0.25) is 5.02 Å². The number of aromatic nitrogens is 1. The van der Waals surface area contributed by atoms with Gasteiger partial charge in [0.25, 0.3) is 0 Å². The van der Waals surface area contributed by atoms with Crippen molar-refractivity contribution < 1.29 is 9.90 Å². The molecule has 5 nitrogen and oxygen atoms in total. The predicted molar refractivity (Wildman–Crippen MR) is 65.8 cm³/mol. The number of halogens is 2. The molecule has 7 heteroatoms. The molecule has 2 heterocycles. The van der Waals surface area contributed by atoms with E-state index in [2.05, 4.69) is 10.1 Å². The van der Waals surface area contributed by atoms with E-state index in [-0.39, 0.29) is 11.6 Å². The molecule has 1 atom stereocenters. The van der Waals surface area contributed by atoms with Gasteiger partial charge in [-0.1, -0.05) is 23.2 Å². The van der Waals surface area contributed by atoms with Crippen molar-refractivity contribution in [2.75, 3.05) is 5.01 Å². The Hall–Kier alpha value is -1.33. The highest BCUT2D eigenvalue weighted by Gasteiger charge is 2.34. The number of anilines is 1. The molecule has 1 unspecified atom stereocenters. The van der Waals surface area contributed by atoms with Gasteiger partial charge in [-0.05, 0) is 18.6 Å². The van der Waals surface area contributed by atoms with Gasteiger partial charge in [0, 0.05) is 12.6 Å². The van der Waals surface area contributed by atoms with Gasteiger partial charge in [-0.25, -0.2) is 14.8 Å². The van der Waals surface area contributed by atoms with Crippen molar-refractivity contribution in [1.82, 2.24) is 4.98 Å². The van der Waals surface area contributed by atoms with Crippen LogP contribution in [0.1, 0.15) is 12.0 Å². The number of carbonyl (C=O) groups is 1. The zero-order valence-electron chi connectivity index (χ0n) is 8.89. The summed E-state index contributed by atoms with van der Waals surface area (Å²) in [5, 5.41) is 14.8. The van der Waals surface area contributed by atoms with Crippen LogP contribution in [0, 0.1) is 6.92 Å². The SMILES string of the molecule is Cc1cnc(N2N=C(Cl)CC2C(=O)O)c(Cl)c1. The van der Waals surface area contributed by atoms with E-state index in [0.29, 0.717) is 10.8 Å². The van der Waals surface area contributed by atoms with Crippen molar-refractivity contribution in [1.29, 1.82) is 0 Å². The second-order valence-corrected chi connectivity index (χ2v) is 4.54. The van der Waals surface area contributed by atoms with Crippen LogP contribution in [0.15, 0.2) is 17.4 Å². The van der Waals surface area contributed by atoms with Crippen LogP contribution >= 0.6 is 23.2 Å². The summed E-state index contributed by atoms with van der Waals surface area (Å²) < 4.78 is 0. The first-order valence-electron chi connectivity index (χ1n) is 4.86. The maximum atomic E-state index is 11.1. The molecule has 0 fully saturated rings. The molecule has 1 aliphatic rings. The van der Waals surface area contributed by atoms with Gasteiger partial charge in [-0.15, -0.1) is 0 Å². The van der Waals surface area contributed by atoms with Crippen molar-refractivity contribution >= 4 is 40.2 Å².